The number of carbonyl (C=O) groups is 2. The Morgan fingerprint density at radius 1 is 1.36 bits per heavy atom. The highest BCUT2D eigenvalue weighted by Crippen LogP contribution is 2.14. The van der Waals surface area contributed by atoms with E-state index in [4.69, 9.17) is 0 Å². The minimum absolute atomic E-state index is 0. The molecule has 22 heavy (non-hydrogen) atoms. The molecule has 1 saturated heterocycles. The smallest absolute Gasteiger partial charge is 0.251 e. The molecule has 0 spiro atoms. The van der Waals surface area contributed by atoms with Gasteiger partial charge in [-0.3, -0.25) is 9.59 Å². The van der Waals surface area contributed by atoms with Gasteiger partial charge in [0.1, 0.15) is 6.17 Å². The molecule has 1 aliphatic rings. The number of carbonyl (C=O) groups excluding carboxylic acids is 2. The third-order valence-corrected chi connectivity index (χ3v) is 3.61. The van der Waals surface area contributed by atoms with Crippen LogP contribution in [-0.2, 0) is 11.3 Å². The van der Waals surface area contributed by atoms with E-state index in [1.807, 2.05) is 12.1 Å². The van der Waals surface area contributed by atoms with Gasteiger partial charge >= 0.3 is 0 Å². The van der Waals surface area contributed by atoms with Crippen LogP contribution in [0, 0.1) is 0 Å². The molecule has 1 heterocycles. The normalized spacial score (nSPS) is 20.1. The summed E-state index contributed by atoms with van der Waals surface area (Å²) in [6, 6.07) is 6.63. The zero-order valence-electron chi connectivity index (χ0n) is 12.6. The Bertz CT molecular complexity index is 524. The molecular weight excluding hydrogens is 309 g/mol. The second-order valence-corrected chi connectivity index (χ2v) is 5.26. The Labute approximate surface area is 135 Å². The van der Waals surface area contributed by atoms with Crippen LogP contribution in [0.3, 0.4) is 0 Å². The molecular formula is C15H21ClFN3O2. The molecule has 1 aliphatic heterocycles. The van der Waals surface area contributed by atoms with Crippen LogP contribution >= 0.6 is 12.4 Å². The lowest BCUT2D eigenvalue weighted by Crippen LogP contribution is -2.41. The molecule has 1 fully saturated rings. The first kappa shape index (κ1) is 18.4. The van der Waals surface area contributed by atoms with Crippen molar-refractivity contribution in [1.82, 2.24) is 15.5 Å². The molecule has 0 saturated carbocycles. The number of alkyl halides is 1. The lowest BCUT2D eigenvalue weighted by Gasteiger charge is -2.21. The summed E-state index contributed by atoms with van der Waals surface area (Å²) in [6.45, 7) is 0.674. The molecule has 2 N–H and O–H groups in total. The summed E-state index contributed by atoms with van der Waals surface area (Å²) in [5.74, 6) is -0.249. The fraction of sp³-hybridized carbons (Fsp3) is 0.467. The Balaban J connectivity index is 0.00000242. The first-order valence-electron chi connectivity index (χ1n) is 6.94. The maximum Gasteiger partial charge on any atom is 0.251 e. The van der Waals surface area contributed by atoms with Gasteiger partial charge in [0.25, 0.3) is 5.91 Å². The number of likely N-dealkylation sites (N-methyl/N-ethyl adjacent to an activating group) is 1. The molecule has 2 atom stereocenters. The summed E-state index contributed by atoms with van der Waals surface area (Å²) in [5, 5.41) is 5.44. The summed E-state index contributed by atoms with van der Waals surface area (Å²) in [5.41, 5.74) is 1.50. The average molecular weight is 330 g/mol. The van der Waals surface area contributed by atoms with Crippen molar-refractivity contribution < 1.29 is 14.0 Å². The van der Waals surface area contributed by atoms with Crippen molar-refractivity contribution in [1.29, 1.82) is 0 Å². The first-order valence-corrected chi connectivity index (χ1v) is 6.94. The van der Waals surface area contributed by atoms with Crippen LogP contribution in [0.1, 0.15) is 22.3 Å². The number of benzene rings is 1. The number of hydrogen-bond acceptors (Lipinski definition) is 3. The van der Waals surface area contributed by atoms with Crippen LogP contribution < -0.4 is 10.6 Å². The standard InChI is InChI=1S/C15H20FN3O2.ClH/c1-17-14(20)11-5-3-10(4-6-11)9-19(2)15(21)13-7-12(16)8-18-13;/h3-6,12-13,18H,7-9H2,1-2H3,(H,17,20);1H/t12-,13+;/m0./s1. The molecule has 1 aromatic rings. The van der Waals surface area contributed by atoms with Crippen LogP contribution in [0.5, 0.6) is 0 Å². The molecule has 0 aliphatic carbocycles. The van der Waals surface area contributed by atoms with Gasteiger partial charge in [0.2, 0.25) is 5.91 Å². The van der Waals surface area contributed by atoms with Crippen molar-refractivity contribution >= 4 is 24.2 Å². The largest absolute Gasteiger partial charge is 0.355 e. The van der Waals surface area contributed by atoms with Crippen molar-refractivity contribution in [3.05, 3.63) is 35.4 Å². The van der Waals surface area contributed by atoms with Crippen molar-refractivity contribution in [2.24, 2.45) is 0 Å². The van der Waals surface area contributed by atoms with E-state index >= 15 is 0 Å². The fourth-order valence-electron chi connectivity index (χ4n) is 2.40. The van der Waals surface area contributed by atoms with Crippen molar-refractivity contribution in [3.63, 3.8) is 0 Å². The van der Waals surface area contributed by atoms with Gasteiger partial charge in [0.05, 0.1) is 6.04 Å². The van der Waals surface area contributed by atoms with Gasteiger partial charge < -0.3 is 15.5 Å². The maximum absolute atomic E-state index is 13.1. The Kier molecular flexibility index (Phi) is 6.77. The van der Waals surface area contributed by atoms with E-state index < -0.39 is 12.2 Å². The van der Waals surface area contributed by atoms with Gasteiger partial charge in [-0.05, 0) is 17.7 Å². The van der Waals surface area contributed by atoms with Crippen molar-refractivity contribution in [2.45, 2.75) is 25.2 Å². The molecule has 2 amide bonds. The SMILES string of the molecule is CNC(=O)c1ccc(CN(C)C(=O)[C@H]2C[C@H](F)CN2)cc1.Cl. The maximum atomic E-state index is 13.1. The van der Waals surface area contributed by atoms with E-state index in [1.165, 1.54) is 0 Å². The highest BCUT2D eigenvalue weighted by molar-refractivity contribution is 5.93. The fourth-order valence-corrected chi connectivity index (χ4v) is 2.40. The van der Waals surface area contributed by atoms with Crippen LogP contribution in [0.25, 0.3) is 0 Å². The third kappa shape index (κ3) is 4.42. The highest BCUT2D eigenvalue weighted by atomic mass is 35.5. The number of amides is 2. The lowest BCUT2D eigenvalue weighted by molar-refractivity contribution is -0.132. The van der Waals surface area contributed by atoms with Gasteiger partial charge in [0.15, 0.2) is 0 Å². The minimum Gasteiger partial charge on any atom is -0.355 e. The van der Waals surface area contributed by atoms with Crippen LogP contribution in [0.4, 0.5) is 4.39 Å². The van der Waals surface area contributed by atoms with Gasteiger partial charge in [-0.2, -0.15) is 0 Å². The van der Waals surface area contributed by atoms with Crippen molar-refractivity contribution in [2.75, 3.05) is 20.6 Å². The monoisotopic (exact) mass is 329 g/mol. The minimum atomic E-state index is -0.945. The number of nitrogens with one attached hydrogen (secondary N) is 2. The van der Waals surface area contributed by atoms with Crippen LogP contribution in [0.2, 0.25) is 0 Å². The van der Waals surface area contributed by atoms with E-state index in [0.717, 1.165) is 5.56 Å². The van der Waals surface area contributed by atoms with E-state index in [0.29, 0.717) is 12.1 Å². The topological polar surface area (TPSA) is 61.4 Å². The second-order valence-electron chi connectivity index (χ2n) is 5.26. The van der Waals surface area contributed by atoms with Gasteiger partial charge in [-0.1, -0.05) is 12.1 Å². The molecule has 2 rings (SSSR count). The average Bonchev–Trinajstić information content (AvgIpc) is 2.93. The molecule has 1 aromatic carbocycles. The number of rotatable bonds is 4. The van der Waals surface area contributed by atoms with Crippen LogP contribution in [0.15, 0.2) is 24.3 Å². The van der Waals surface area contributed by atoms with E-state index in [-0.39, 0.29) is 37.2 Å². The zero-order valence-corrected chi connectivity index (χ0v) is 13.5. The van der Waals surface area contributed by atoms with Gasteiger partial charge in [-0.25, -0.2) is 4.39 Å². The molecule has 0 aromatic heterocycles. The summed E-state index contributed by atoms with van der Waals surface area (Å²) >= 11 is 0. The zero-order chi connectivity index (χ0) is 15.4. The molecule has 0 bridgehead atoms. The Hall–Kier alpha value is -1.66. The molecule has 122 valence electrons. The summed E-state index contributed by atoms with van der Waals surface area (Å²) < 4.78 is 13.1. The predicted octanol–water partition coefficient (Wildman–Crippen LogP) is 1.13. The molecule has 7 heteroatoms. The van der Waals surface area contributed by atoms with E-state index in [2.05, 4.69) is 10.6 Å². The molecule has 5 nitrogen and oxygen atoms in total. The number of nitrogens with zero attached hydrogens (tertiary/aromatic N) is 1. The molecule has 0 unspecified atom stereocenters. The van der Waals surface area contributed by atoms with Crippen molar-refractivity contribution in [3.8, 4) is 0 Å². The molecule has 0 radical (unpaired) electrons. The highest BCUT2D eigenvalue weighted by Gasteiger charge is 2.30. The quantitative estimate of drug-likeness (QED) is 0.870. The second kappa shape index (κ2) is 8.10. The first-order chi connectivity index (χ1) is 10.0. The summed E-state index contributed by atoms with van der Waals surface area (Å²) in [7, 11) is 3.28. The van der Waals surface area contributed by atoms with Gasteiger partial charge in [-0.15, -0.1) is 12.4 Å². The lowest BCUT2D eigenvalue weighted by atomic mass is 10.1. The summed E-state index contributed by atoms with van der Waals surface area (Å²) in [6.07, 6.45) is -0.710. The van der Waals surface area contributed by atoms with Gasteiger partial charge in [0, 0.05) is 39.2 Å². The van der Waals surface area contributed by atoms with E-state index in [9.17, 15) is 14.0 Å². The van der Waals surface area contributed by atoms with Crippen LogP contribution in [-0.4, -0.2) is 49.6 Å². The number of halogens is 2. The predicted molar refractivity (Wildman–Crippen MR) is 84.9 cm³/mol. The Morgan fingerprint density at radius 2 is 2.00 bits per heavy atom. The third-order valence-electron chi connectivity index (χ3n) is 3.61. The Morgan fingerprint density at radius 3 is 2.50 bits per heavy atom. The summed E-state index contributed by atoms with van der Waals surface area (Å²) in [4.78, 5) is 25.2. The number of hydrogen-bond donors (Lipinski definition) is 2. The van der Waals surface area contributed by atoms with E-state index in [1.54, 1.807) is 31.1 Å².